The molecule has 0 unspecified atom stereocenters. The Morgan fingerprint density at radius 3 is 2.52 bits per heavy atom. The first-order chi connectivity index (χ1) is 12.9. The Kier molecular flexibility index (Phi) is 5.30. The lowest BCUT2D eigenvalue weighted by Crippen LogP contribution is -2.31. The third-order valence-corrected chi connectivity index (χ3v) is 4.37. The monoisotopic (exact) mass is 365 g/mol. The highest BCUT2D eigenvalue weighted by molar-refractivity contribution is 5.90. The summed E-state index contributed by atoms with van der Waals surface area (Å²) < 4.78 is 1.23. The molecular formula is C20H23N5O2. The maximum atomic E-state index is 12.9. The predicted octanol–water partition coefficient (Wildman–Crippen LogP) is 3.07. The van der Waals surface area contributed by atoms with E-state index in [1.54, 1.807) is 6.07 Å². The standard InChI is InChI=1S/C20H23N5O2/c1-12(2)14-5-6-15-16(9-14)19(13(3)4)24-25(20(15)27)10-18(26)23-17-7-8-21-11-22-17/h5-9,11-13H,10H2,1-4H3,(H,21,22,23,26). The number of rotatable bonds is 5. The lowest BCUT2D eigenvalue weighted by atomic mass is 9.96. The van der Waals surface area contributed by atoms with Crippen LogP contribution in [0, 0.1) is 0 Å². The molecule has 1 aromatic carbocycles. The summed E-state index contributed by atoms with van der Waals surface area (Å²) in [6.45, 7) is 8.11. The van der Waals surface area contributed by atoms with Crippen LogP contribution in [0.2, 0.25) is 0 Å². The zero-order valence-corrected chi connectivity index (χ0v) is 15.9. The van der Waals surface area contributed by atoms with Crippen molar-refractivity contribution in [2.75, 3.05) is 5.32 Å². The van der Waals surface area contributed by atoms with Crippen LogP contribution in [0.4, 0.5) is 5.82 Å². The molecule has 3 aromatic rings. The molecule has 140 valence electrons. The second-order valence-electron chi connectivity index (χ2n) is 7.11. The van der Waals surface area contributed by atoms with Gasteiger partial charge in [0, 0.05) is 11.6 Å². The van der Waals surface area contributed by atoms with Crippen molar-refractivity contribution in [2.45, 2.75) is 46.1 Å². The van der Waals surface area contributed by atoms with Crippen molar-refractivity contribution in [3.8, 4) is 0 Å². The van der Waals surface area contributed by atoms with E-state index in [2.05, 4.69) is 34.2 Å². The molecule has 0 aliphatic carbocycles. The molecule has 0 aliphatic rings. The van der Waals surface area contributed by atoms with Crippen LogP contribution in [0.3, 0.4) is 0 Å². The number of nitrogens with zero attached hydrogens (tertiary/aromatic N) is 4. The lowest BCUT2D eigenvalue weighted by Gasteiger charge is -2.15. The van der Waals surface area contributed by atoms with E-state index in [1.807, 2.05) is 32.0 Å². The van der Waals surface area contributed by atoms with E-state index in [4.69, 9.17) is 0 Å². The molecule has 2 heterocycles. The number of hydrogen-bond donors (Lipinski definition) is 1. The third-order valence-electron chi connectivity index (χ3n) is 4.37. The molecular weight excluding hydrogens is 342 g/mol. The first-order valence-electron chi connectivity index (χ1n) is 8.97. The van der Waals surface area contributed by atoms with E-state index in [0.29, 0.717) is 17.1 Å². The summed E-state index contributed by atoms with van der Waals surface area (Å²) >= 11 is 0. The third kappa shape index (κ3) is 4.02. The fraction of sp³-hybridized carbons (Fsp3) is 0.350. The lowest BCUT2D eigenvalue weighted by molar-refractivity contribution is -0.117. The van der Waals surface area contributed by atoms with Crippen LogP contribution in [0.1, 0.15) is 50.8 Å². The first-order valence-corrected chi connectivity index (χ1v) is 8.97. The quantitative estimate of drug-likeness (QED) is 0.750. The van der Waals surface area contributed by atoms with Gasteiger partial charge in [-0.15, -0.1) is 0 Å². The average molecular weight is 365 g/mol. The van der Waals surface area contributed by atoms with Gasteiger partial charge in [0.15, 0.2) is 0 Å². The SMILES string of the molecule is CC(C)c1ccc2c(=O)n(CC(=O)Nc3ccncn3)nc(C(C)C)c2c1. The van der Waals surface area contributed by atoms with E-state index in [1.165, 1.54) is 17.2 Å². The van der Waals surface area contributed by atoms with E-state index < -0.39 is 0 Å². The fourth-order valence-corrected chi connectivity index (χ4v) is 2.90. The normalized spacial score (nSPS) is 11.3. The number of hydrogen-bond acceptors (Lipinski definition) is 5. The molecule has 0 fully saturated rings. The van der Waals surface area contributed by atoms with E-state index in [9.17, 15) is 9.59 Å². The fourth-order valence-electron chi connectivity index (χ4n) is 2.90. The number of aromatic nitrogens is 4. The molecule has 0 spiro atoms. The van der Waals surface area contributed by atoms with Crippen LogP contribution < -0.4 is 10.9 Å². The zero-order valence-electron chi connectivity index (χ0n) is 15.9. The molecule has 0 bridgehead atoms. The molecule has 27 heavy (non-hydrogen) atoms. The molecule has 7 heteroatoms. The maximum absolute atomic E-state index is 12.9. The molecule has 7 nitrogen and oxygen atoms in total. The second-order valence-corrected chi connectivity index (χ2v) is 7.11. The number of nitrogens with one attached hydrogen (secondary N) is 1. The molecule has 0 aliphatic heterocycles. The molecule has 3 rings (SSSR count). The zero-order chi connectivity index (χ0) is 19.6. The summed E-state index contributed by atoms with van der Waals surface area (Å²) in [4.78, 5) is 32.9. The summed E-state index contributed by atoms with van der Waals surface area (Å²) in [5.74, 6) is 0.493. The van der Waals surface area contributed by atoms with Gasteiger partial charge < -0.3 is 5.32 Å². The van der Waals surface area contributed by atoms with Gasteiger partial charge >= 0.3 is 0 Å². The highest BCUT2D eigenvalue weighted by atomic mass is 16.2. The predicted molar refractivity (Wildman–Crippen MR) is 105 cm³/mol. The van der Waals surface area contributed by atoms with Crippen molar-refractivity contribution in [3.05, 3.63) is 58.4 Å². The van der Waals surface area contributed by atoms with E-state index >= 15 is 0 Å². The number of carbonyl (C=O) groups excluding carboxylic acids is 1. The van der Waals surface area contributed by atoms with Gasteiger partial charge in [0.05, 0.1) is 11.1 Å². The van der Waals surface area contributed by atoms with Crippen LogP contribution in [0.15, 0.2) is 41.6 Å². The molecule has 0 saturated heterocycles. The van der Waals surface area contributed by atoms with Gasteiger partial charge in [-0.1, -0.05) is 33.8 Å². The summed E-state index contributed by atoms with van der Waals surface area (Å²) in [6.07, 6.45) is 2.88. The summed E-state index contributed by atoms with van der Waals surface area (Å²) in [5.41, 5.74) is 1.69. The average Bonchev–Trinajstić information content (AvgIpc) is 2.64. The number of anilines is 1. The van der Waals surface area contributed by atoms with E-state index in [-0.39, 0.29) is 23.9 Å². The minimum atomic E-state index is -0.365. The summed E-state index contributed by atoms with van der Waals surface area (Å²) in [5, 5.41) is 8.57. The Labute approximate surface area is 157 Å². The minimum absolute atomic E-state index is 0.117. The Balaban J connectivity index is 2.01. The number of carbonyl (C=O) groups is 1. The molecule has 0 atom stereocenters. The van der Waals surface area contributed by atoms with Crippen molar-refractivity contribution in [1.29, 1.82) is 0 Å². The first kappa shape index (κ1) is 18.7. The van der Waals surface area contributed by atoms with Crippen LogP contribution in [0.25, 0.3) is 10.8 Å². The summed E-state index contributed by atoms with van der Waals surface area (Å²) in [7, 11) is 0. The largest absolute Gasteiger partial charge is 0.309 e. The smallest absolute Gasteiger partial charge is 0.275 e. The van der Waals surface area contributed by atoms with Crippen molar-refractivity contribution < 1.29 is 4.79 Å². The van der Waals surface area contributed by atoms with Gasteiger partial charge in [0.1, 0.15) is 18.7 Å². The topological polar surface area (TPSA) is 89.8 Å². The number of amides is 1. The minimum Gasteiger partial charge on any atom is -0.309 e. The van der Waals surface area contributed by atoms with Crippen molar-refractivity contribution >= 4 is 22.5 Å². The molecule has 0 saturated carbocycles. The maximum Gasteiger partial charge on any atom is 0.275 e. The van der Waals surface area contributed by atoms with Gasteiger partial charge in [0.25, 0.3) is 5.56 Å². The second kappa shape index (κ2) is 7.65. The highest BCUT2D eigenvalue weighted by Crippen LogP contribution is 2.25. The Hall–Kier alpha value is -3.09. The van der Waals surface area contributed by atoms with Gasteiger partial charge in [-0.05, 0) is 35.6 Å². The van der Waals surface area contributed by atoms with Crippen LogP contribution in [-0.4, -0.2) is 25.7 Å². The molecule has 1 N–H and O–H groups in total. The highest BCUT2D eigenvalue weighted by Gasteiger charge is 2.16. The van der Waals surface area contributed by atoms with E-state index in [0.717, 1.165) is 16.6 Å². The van der Waals surface area contributed by atoms with Gasteiger partial charge in [0.2, 0.25) is 5.91 Å². The Morgan fingerprint density at radius 2 is 1.89 bits per heavy atom. The Bertz CT molecular complexity index is 1030. The molecule has 1 amide bonds. The van der Waals surface area contributed by atoms with Crippen LogP contribution >= 0.6 is 0 Å². The van der Waals surface area contributed by atoms with Crippen molar-refractivity contribution in [1.82, 2.24) is 19.7 Å². The van der Waals surface area contributed by atoms with Crippen LogP contribution in [-0.2, 0) is 11.3 Å². The number of benzene rings is 1. The van der Waals surface area contributed by atoms with Gasteiger partial charge in [-0.2, -0.15) is 5.10 Å². The van der Waals surface area contributed by atoms with Crippen molar-refractivity contribution in [3.63, 3.8) is 0 Å². The van der Waals surface area contributed by atoms with Crippen LogP contribution in [0.5, 0.6) is 0 Å². The number of fused-ring (bicyclic) bond motifs is 1. The van der Waals surface area contributed by atoms with Gasteiger partial charge in [-0.25, -0.2) is 14.6 Å². The summed E-state index contributed by atoms with van der Waals surface area (Å²) in [6, 6.07) is 7.42. The van der Waals surface area contributed by atoms with Crippen molar-refractivity contribution in [2.24, 2.45) is 0 Å². The Morgan fingerprint density at radius 1 is 1.11 bits per heavy atom. The van der Waals surface area contributed by atoms with Gasteiger partial charge in [-0.3, -0.25) is 9.59 Å². The molecule has 2 aromatic heterocycles. The molecule has 0 radical (unpaired) electrons.